The summed E-state index contributed by atoms with van der Waals surface area (Å²) in [5.74, 6) is 0. The van der Waals surface area contributed by atoms with E-state index in [1.54, 1.807) is 0 Å². The molecule has 7 rings (SSSR count). The van der Waals surface area contributed by atoms with Crippen LogP contribution in [0.4, 0.5) is 0 Å². The fourth-order valence-corrected chi connectivity index (χ4v) is 5.02. The van der Waals surface area contributed by atoms with Crippen LogP contribution in [0.25, 0.3) is 68.6 Å². The van der Waals surface area contributed by atoms with Gasteiger partial charge in [0, 0.05) is 57.5 Å². The molecule has 198 valence electrons. The first-order valence-electron chi connectivity index (χ1n) is 12.6. The monoisotopic (exact) mass is 564 g/mol. The van der Waals surface area contributed by atoms with E-state index in [-0.39, 0.29) is 24.8 Å². The van der Waals surface area contributed by atoms with Gasteiger partial charge < -0.3 is 34.8 Å². The molecule has 2 N–H and O–H groups in total. The number of H-pyrrole nitrogens is 2. The molecule has 8 heteroatoms. The van der Waals surface area contributed by atoms with Gasteiger partial charge >= 0.3 is 0 Å². The lowest BCUT2D eigenvalue weighted by molar-refractivity contribution is -0.671. The molecule has 5 aromatic heterocycles. The number of fused-ring (bicyclic) bond motifs is 8. The Bertz CT molecular complexity index is 1840. The Morgan fingerprint density at radius 1 is 0.525 bits per heavy atom. The van der Waals surface area contributed by atoms with Gasteiger partial charge in [0.15, 0.2) is 24.8 Å². The Balaban J connectivity index is 0.00000161. The number of nitrogens with one attached hydrogen (secondary N) is 2. The summed E-state index contributed by atoms with van der Waals surface area (Å²) in [6.07, 6.45) is 16.5. The van der Waals surface area contributed by atoms with Crippen molar-refractivity contribution < 1.29 is 33.9 Å². The molecule has 0 atom stereocenters. The molecule has 5 aromatic rings. The largest absolute Gasteiger partial charge is 1.00 e. The fourth-order valence-electron chi connectivity index (χ4n) is 5.02. The average molecular weight is 566 g/mol. The van der Waals surface area contributed by atoms with Crippen molar-refractivity contribution in [1.82, 2.24) is 19.9 Å². The van der Waals surface area contributed by atoms with Gasteiger partial charge in [-0.1, -0.05) is 0 Å². The van der Waals surface area contributed by atoms with E-state index in [1.807, 2.05) is 23.2 Å². The van der Waals surface area contributed by atoms with Crippen molar-refractivity contribution >= 4 is 46.4 Å². The highest BCUT2D eigenvalue weighted by Gasteiger charge is 2.15. The van der Waals surface area contributed by atoms with Crippen LogP contribution in [0, 0.1) is 0 Å². The van der Waals surface area contributed by atoms with Crippen molar-refractivity contribution in [2.45, 2.75) is 0 Å². The third-order valence-electron chi connectivity index (χ3n) is 6.93. The molecule has 0 amide bonds. The second kappa shape index (κ2) is 10.9. The molecule has 0 unspecified atom stereocenters. The minimum absolute atomic E-state index is 0. The Labute approximate surface area is 244 Å². The van der Waals surface area contributed by atoms with Crippen LogP contribution in [0.15, 0.2) is 85.5 Å². The van der Waals surface area contributed by atoms with Crippen molar-refractivity contribution in [2.75, 3.05) is 0 Å². The topological polar surface area (TPSA) is 65.1 Å². The summed E-state index contributed by atoms with van der Waals surface area (Å²) >= 11 is 0. The van der Waals surface area contributed by atoms with Gasteiger partial charge in [-0.25, -0.2) is 19.1 Å². The highest BCUT2D eigenvalue weighted by molar-refractivity contribution is 5.94. The standard InChI is InChI=1S/C32H25N6.2ClH/c1-37-15-11-21(12-16-37)31-27-7-3-23(33-27)19-25-5-9-29(35-25)32(22-13-17-38(2)18-14-22)30-10-6-26(36-30)20-24-4-8-28(31)34-24;;/h3-20H,1-2H3,(H,33,34,35,36);2*1H/q+1;;/p-1. The van der Waals surface area contributed by atoms with Gasteiger partial charge in [0.1, 0.15) is 14.1 Å². The molecule has 0 aliphatic carbocycles. The number of hydrogen-bond acceptors (Lipinski definition) is 2. The van der Waals surface area contributed by atoms with Crippen LogP contribution in [0.1, 0.15) is 22.8 Å². The van der Waals surface area contributed by atoms with Crippen LogP contribution in [-0.4, -0.2) is 19.9 Å². The Hall–Kier alpha value is -4.52. The molecule has 0 radical (unpaired) electrons. The quantitative estimate of drug-likeness (QED) is 0.282. The van der Waals surface area contributed by atoms with E-state index in [4.69, 9.17) is 9.97 Å². The van der Waals surface area contributed by atoms with Crippen LogP contribution in [0.5, 0.6) is 0 Å². The van der Waals surface area contributed by atoms with Crippen molar-refractivity contribution in [3.63, 3.8) is 0 Å². The van der Waals surface area contributed by atoms with Gasteiger partial charge in [0.25, 0.3) is 0 Å². The van der Waals surface area contributed by atoms with Gasteiger partial charge in [0.2, 0.25) is 0 Å². The van der Waals surface area contributed by atoms with Gasteiger partial charge in [-0.15, -0.1) is 0 Å². The van der Waals surface area contributed by atoms with Gasteiger partial charge in [0.05, 0.1) is 22.8 Å². The number of rotatable bonds is 2. The summed E-state index contributed by atoms with van der Waals surface area (Å²) in [6, 6.07) is 21.1. The first kappa shape index (κ1) is 27.1. The summed E-state index contributed by atoms with van der Waals surface area (Å²) < 4.78 is 4.07. The van der Waals surface area contributed by atoms with E-state index in [2.05, 4.69) is 120 Å². The maximum absolute atomic E-state index is 5.00. The number of aromatic amines is 2. The number of nitrogens with zero attached hydrogens (tertiary/aromatic N) is 4. The molecule has 8 bridgehead atoms. The Kier molecular flexibility index (Phi) is 7.39. The van der Waals surface area contributed by atoms with Gasteiger partial charge in [-0.05, 0) is 71.8 Å². The number of halogens is 2. The zero-order valence-corrected chi connectivity index (χ0v) is 23.4. The lowest BCUT2D eigenvalue weighted by atomic mass is 10.0. The van der Waals surface area contributed by atoms with Crippen molar-refractivity contribution in [3.05, 3.63) is 108 Å². The highest BCUT2D eigenvalue weighted by Crippen LogP contribution is 2.31. The minimum atomic E-state index is 0. The molecule has 2 aliphatic rings. The molecular weight excluding hydrogens is 539 g/mol. The minimum Gasteiger partial charge on any atom is -1.00 e. The van der Waals surface area contributed by atoms with Gasteiger partial charge in [-0.2, -0.15) is 0 Å². The summed E-state index contributed by atoms with van der Waals surface area (Å²) in [5.41, 5.74) is 12.0. The fraction of sp³-hybridized carbons (Fsp3) is 0.0625. The second-order valence-electron chi connectivity index (χ2n) is 9.71. The second-order valence-corrected chi connectivity index (χ2v) is 9.71. The van der Waals surface area contributed by atoms with Crippen LogP contribution < -0.4 is 33.9 Å². The van der Waals surface area contributed by atoms with Crippen LogP contribution in [0.2, 0.25) is 0 Å². The van der Waals surface area contributed by atoms with Crippen LogP contribution in [0.3, 0.4) is 0 Å². The Morgan fingerprint density at radius 3 is 1.40 bits per heavy atom. The smallest absolute Gasteiger partial charge is 0.169 e. The predicted molar refractivity (Wildman–Crippen MR) is 152 cm³/mol. The molecule has 40 heavy (non-hydrogen) atoms. The summed E-state index contributed by atoms with van der Waals surface area (Å²) in [5, 5.41) is 0. The summed E-state index contributed by atoms with van der Waals surface area (Å²) in [4.78, 5) is 17.2. The molecule has 0 aromatic carbocycles. The predicted octanol–water partition coefficient (Wildman–Crippen LogP) is -0.353. The normalized spacial score (nSPS) is 11.7. The molecule has 2 aliphatic heterocycles. The lowest BCUT2D eigenvalue weighted by Gasteiger charge is -2.03. The SMILES string of the molecule is C[n+]1ccc(-c2c3nc(cc4ccc([nH]4)c(-c4cc[n+](C)cc4)c4ccc(cc5nc2C=C5)[nH]4)C=C3)cc1.[Cl-].[Cl-]. The molecular formula is C32H26Cl2N6. The number of hydrogen-bond donors (Lipinski definition) is 2. The highest BCUT2D eigenvalue weighted by atomic mass is 35.5. The lowest BCUT2D eigenvalue weighted by Crippen LogP contribution is -3.00. The molecule has 0 saturated heterocycles. The molecule has 7 heterocycles. The van der Waals surface area contributed by atoms with E-state index in [9.17, 15) is 0 Å². The summed E-state index contributed by atoms with van der Waals surface area (Å²) in [7, 11) is 4.05. The molecule has 6 nitrogen and oxygen atoms in total. The molecule has 0 fully saturated rings. The van der Waals surface area contributed by atoms with E-state index in [0.29, 0.717) is 0 Å². The van der Waals surface area contributed by atoms with E-state index >= 15 is 0 Å². The third-order valence-corrected chi connectivity index (χ3v) is 6.93. The zero-order chi connectivity index (χ0) is 25.6. The van der Waals surface area contributed by atoms with Crippen LogP contribution in [-0.2, 0) is 14.1 Å². The van der Waals surface area contributed by atoms with Crippen molar-refractivity contribution in [3.8, 4) is 22.3 Å². The van der Waals surface area contributed by atoms with Crippen molar-refractivity contribution in [1.29, 1.82) is 0 Å². The first-order chi connectivity index (χ1) is 18.6. The van der Waals surface area contributed by atoms with E-state index < -0.39 is 0 Å². The number of aromatic nitrogens is 6. The van der Waals surface area contributed by atoms with Crippen molar-refractivity contribution in [2.24, 2.45) is 14.1 Å². The molecule has 0 spiro atoms. The number of aryl methyl sites for hydroxylation is 2. The van der Waals surface area contributed by atoms with E-state index in [1.165, 1.54) is 0 Å². The first-order valence-corrected chi connectivity index (χ1v) is 12.6. The number of pyridine rings is 2. The zero-order valence-electron chi connectivity index (χ0n) is 21.9. The maximum Gasteiger partial charge on any atom is 0.169 e. The van der Waals surface area contributed by atoms with Crippen LogP contribution >= 0.6 is 0 Å². The maximum atomic E-state index is 5.00. The van der Waals surface area contributed by atoms with E-state index in [0.717, 1.165) is 67.1 Å². The van der Waals surface area contributed by atoms with Gasteiger partial charge in [-0.3, -0.25) is 0 Å². The molecule has 0 saturated carbocycles. The Morgan fingerprint density at radius 2 is 0.950 bits per heavy atom. The summed E-state index contributed by atoms with van der Waals surface area (Å²) in [6.45, 7) is 0. The average Bonchev–Trinajstić information content (AvgIpc) is 3.72. The third kappa shape index (κ3) is 5.07.